The lowest BCUT2D eigenvalue weighted by Crippen LogP contribution is -2.60. The summed E-state index contributed by atoms with van der Waals surface area (Å²) in [6.45, 7) is 3.83. The maximum Gasteiger partial charge on any atom is 0.220 e. The van der Waals surface area contributed by atoms with Crippen molar-refractivity contribution in [2.75, 3.05) is 13.2 Å². The lowest BCUT2D eigenvalue weighted by atomic mass is 9.99. The van der Waals surface area contributed by atoms with E-state index in [9.17, 15) is 30.3 Å². The number of ether oxygens (including phenoxy) is 2. The van der Waals surface area contributed by atoms with Crippen LogP contribution in [0, 0.1) is 0 Å². The van der Waals surface area contributed by atoms with Gasteiger partial charge in [-0.25, -0.2) is 0 Å². The van der Waals surface area contributed by atoms with Crippen LogP contribution in [0.2, 0.25) is 0 Å². The number of nitrogens with one attached hydrogen (secondary N) is 1. The Morgan fingerprint density at radius 1 is 0.374 bits per heavy atom. The average Bonchev–Trinajstić information content (AvgIpc) is 1.33. The second-order valence-corrected chi connectivity index (χ2v) is 28.2. The first-order chi connectivity index (χ1) is 44.8. The number of amides is 1. The minimum Gasteiger partial charge on any atom is -0.394 e. The van der Waals surface area contributed by atoms with E-state index in [-0.39, 0.29) is 12.5 Å². The van der Waals surface area contributed by atoms with E-state index in [0.717, 1.165) is 51.4 Å². The first-order valence-corrected chi connectivity index (χ1v) is 40.4. The summed E-state index contributed by atoms with van der Waals surface area (Å²) in [5.41, 5.74) is 0. The van der Waals surface area contributed by atoms with Gasteiger partial charge >= 0.3 is 0 Å². The Kier molecular flexibility index (Phi) is 67.9. The van der Waals surface area contributed by atoms with Crippen LogP contribution in [0.4, 0.5) is 0 Å². The molecule has 536 valence electrons. The fourth-order valence-corrected chi connectivity index (χ4v) is 13.1. The number of rotatable bonds is 72. The van der Waals surface area contributed by atoms with Gasteiger partial charge < -0.3 is 40.3 Å². The summed E-state index contributed by atoms with van der Waals surface area (Å²) in [5.74, 6) is -0.168. The number of unbranched alkanes of at least 4 members (excludes halogenated alkanes) is 56. The highest BCUT2D eigenvalue weighted by atomic mass is 16.7. The van der Waals surface area contributed by atoms with Gasteiger partial charge in [0.25, 0.3) is 0 Å². The lowest BCUT2D eigenvalue weighted by Gasteiger charge is -2.40. The third kappa shape index (κ3) is 59.2. The predicted molar refractivity (Wildman–Crippen MR) is 392 cm³/mol. The van der Waals surface area contributed by atoms with Crippen molar-refractivity contribution < 1.29 is 39.8 Å². The number of aliphatic hydroxyl groups is 5. The van der Waals surface area contributed by atoms with Crippen LogP contribution in [0.25, 0.3) is 0 Å². The lowest BCUT2D eigenvalue weighted by molar-refractivity contribution is -0.302. The molecule has 7 atom stereocenters. The van der Waals surface area contributed by atoms with Crippen molar-refractivity contribution in [2.45, 2.75) is 455 Å². The molecule has 1 amide bonds. The molecule has 0 saturated carbocycles. The van der Waals surface area contributed by atoms with Crippen molar-refractivity contribution in [3.63, 3.8) is 0 Å². The summed E-state index contributed by atoms with van der Waals surface area (Å²) < 4.78 is 11.4. The van der Waals surface area contributed by atoms with Crippen molar-refractivity contribution >= 4 is 5.91 Å². The van der Waals surface area contributed by atoms with E-state index < -0.39 is 49.5 Å². The summed E-state index contributed by atoms with van der Waals surface area (Å²) in [6, 6.07) is -0.806. The second-order valence-electron chi connectivity index (χ2n) is 28.2. The van der Waals surface area contributed by atoms with Crippen molar-refractivity contribution in [2.24, 2.45) is 0 Å². The Morgan fingerprint density at radius 2 is 0.648 bits per heavy atom. The molecule has 7 unspecified atom stereocenters. The molecule has 1 aliphatic heterocycles. The van der Waals surface area contributed by atoms with E-state index in [1.807, 2.05) is 6.08 Å². The number of carbonyl (C=O) groups excluding carboxylic acids is 1. The van der Waals surface area contributed by atoms with Gasteiger partial charge in [-0.1, -0.05) is 396 Å². The zero-order valence-electron chi connectivity index (χ0n) is 60.4. The molecule has 1 saturated heterocycles. The summed E-state index contributed by atoms with van der Waals surface area (Å²) in [7, 11) is 0. The van der Waals surface area contributed by atoms with Crippen LogP contribution in [0.5, 0.6) is 0 Å². The van der Waals surface area contributed by atoms with E-state index >= 15 is 0 Å². The van der Waals surface area contributed by atoms with Crippen LogP contribution in [0.15, 0.2) is 48.6 Å². The quantitative estimate of drug-likeness (QED) is 0.0261. The van der Waals surface area contributed by atoms with E-state index in [1.165, 1.54) is 340 Å². The monoisotopic (exact) mass is 1280 g/mol. The van der Waals surface area contributed by atoms with Gasteiger partial charge in [-0.2, -0.15) is 0 Å². The van der Waals surface area contributed by atoms with Crippen molar-refractivity contribution in [1.29, 1.82) is 0 Å². The van der Waals surface area contributed by atoms with Gasteiger partial charge in [-0.15, -0.1) is 0 Å². The van der Waals surface area contributed by atoms with E-state index in [4.69, 9.17) is 9.47 Å². The second kappa shape index (κ2) is 70.9. The van der Waals surface area contributed by atoms with E-state index in [1.54, 1.807) is 6.08 Å². The molecule has 1 fully saturated rings. The zero-order chi connectivity index (χ0) is 65.7. The minimum absolute atomic E-state index is 0.168. The molecule has 91 heavy (non-hydrogen) atoms. The first-order valence-electron chi connectivity index (χ1n) is 40.4. The average molecular weight is 1280 g/mol. The summed E-state index contributed by atoms with van der Waals surface area (Å²) in [5, 5.41) is 54.9. The molecule has 6 N–H and O–H groups in total. The maximum absolute atomic E-state index is 13.2. The van der Waals surface area contributed by atoms with Crippen LogP contribution in [0.3, 0.4) is 0 Å². The number of carbonyl (C=O) groups is 1. The van der Waals surface area contributed by atoms with Crippen LogP contribution >= 0.6 is 0 Å². The molecule has 9 heteroatoms. The highest BCUT2D eigenvalue weighted by molar-refractivity contribution is 5.76. The molecule has 0 spiro atoms. The topological polar surface area (TPSA) is 149 Å². The third-order valence-electron chi connectivity index (χ3n) is 19.4. The van der Waals surface area contributed by atoms with E-state index in [2.05, 4.69) is 55.6 Å². The largest absolute Gasteiger partial charge is 0.394 e. The van der Waals surface area contributed by atoms with Crippen LogP contribution < -0.4 is 5.32 Å². The normalized spacial score (nSPS) is 17.9. The number of aliphatic hydroxyl groups excluding tert-OH is 5. The highest BCUT2D eigenvalue weighted by Crippen LogP contribution is 2.24. The predicted octanol–water partition coefficient (Wildman–Crippen LogP) is 23.1. The highest BCUT2D eigenvalue weighted by Gasteiger charge is 2.44. The van der Waals surface area contributed by atoms with Crippen LogP contribution in [0.1, 0.15) is 412 Å². The number of hydrogen-bond donors (Lipinski definition) is 6. The fourth-order valence-electron chi connectivity index (χ4n) is 13.1. The van der Waals surface area contributed by atoms with Crippen molar-refractivity contribution in [3.8, 4) is 0 Å². The molecule has 0 aliphatic carbocycles. The molecular formula is C82H155NO8. The molecular weight excluding hydrogens is 1130 g/mol. The number of hydrogen-bond acceptors (Lipinski definition) is 8. The summed E-state index contributed by atoms with van der Waals surface area (Å²) >= 11 is 0. The van der Waals surface area contributed by atoms with Gasteiger partial charge in [0.05, 0.1) is 25.4 Å². The number of allylic oxidation sites excluding steroid dienone is 7. The Balaban J connectivity index is 2.05. The van der Waals surface area contributed by atoms with Gasteiger partial charge in [-0.05, 0) is 57.8 Å². The van der Waals surface area contributed by atoms with Crippen LogP contribution in [-0.4, -0.2) is 87.5 Å². The minimum atomic E-state index is -1.57. The molecule has 0 bridgehead atoms. The fraction of sp³-hybridized carbons (Fsp3) is 0.890. The molecule has 1 rings (SSSR count). The van der Waals surface area contributed by atoms with Gasteiger partial charge in [0.2, 0.25) is 5.91 Å². The molecule has 0 aromatic carbocycles. The van der Waals surface area contributed by atoms with Gasteiger partial charge in [0.15, 0.2) is 6.29 Å². The van der Waals surface area contributed by atoms with Crippen LogP contribution in [-0.2, 0) is 14.3 Å². The Bertz CT molecular complexity index is 1580. The third-order valence-corrected chi connectivity index (χ3v) is 19.4. The maximum atomic E-state index is 13.2. The Labute approximate surface area is 564 Å². The molecule has 0 aromatic heterocycles. The molecule has 1 aliphatic rings. The Morgan fingerprint density at radius 3 is 0.956 bits per heavy atom. The Hall–Kier alpha value is -1.85. The van der Waals surface area contributed by atoms with Crippen molar-refractivity contribution in [1.82, 2.24) is 5.32 Å². The van der Waals surface area contributed by atoms with Gasteiger partial charge in [0, 0.05) is 6.42 Å². The SMILES string of the molecule is CCCCCCC/C=C\C/C=C\C/C=C\CCCCCCCCCCCCCCCCCCCCCCCCCCC(=O)NC(COC1OC(CO)C(O)C(O)C1O)C(O)/C=C/CCCCCCCCCCCCCCCCCCCCCCCCCCCCC. The summed E-state index contributed by atoms with van der Waals surface area (Å²) in [6.07, 6.45) is 91.2. The molecule has 1 heterocycles. The van der Waals surface area contributed by atoms with Gasteiger partial charge in [-0.3, -0.25) is 4.79 Å². The van der Waals surface area contributed by atoms with Gasteiger partial charge in [0.1, 0.15) is 24.4 Å². The smallest absolute Gasteiger partial charge is 0.220 e. The molecule has 0 radical (unpaired) electrons. The van der Waals surface area contributed by atoms with E-state index in [0.29, 0.717) is 6.42 Å². The zero-order valence-corrected chi connectivity index (χ0v) is 60.4. The van der Waals surface area contributed by atoms with Crippen molar-refractivity contribution in [3.05, 3.63) is 48.6 Å². The molecule has 9 nitrogen and oxygen atoms in total. The first kappa shape index (κ1) is 87.2. The standard InChI is InChI=1S/C82H155NO8/c1-3-5-7-9-11-13-15-17-19-21-23-25-27-29-31-33-34-35-36-37-38-39-40-41-42-44-46-48-50-52-54-56-58-60-62-64-66-68-70-72-78(86)83-75(74-90-82-81(89)80(88)79(87)77(73-84)91-82)76(85)71-69-67-65-63-61-59-57-55-53-51-49-47-45-43-32-30-28-26-24-22-20-18-16-14-12-10-8-6-4-2/h15,17,21,23,27,29,69,71,75-77,79-82,84-85,87-89H,3-14,16,18-20,22,24-26,28,30-68,70,72-74H2,1-2H3,(H,83,86)/b17-15-,23-21-,29-27-,71-69+. The summed E-state index contributed by atoms with van der Waals surface area (Å²) in [4.78, 5) is 13.2. The molecule has 0 aromatic rings.